The predicted molar refractivity (Wildman–Crippen MR) is 115 cm³/mol. The highest BCUT2D eigenvalue weighted by Crippen LogP contribution is 2.13. The van der Waals surface area contributed by atoms with Crippen LogP contribution in [-0.4, -0.2) is 35.6 Å². The Kier molecular flexibility index (Phi) is 6.21. The number of Topliss-reactive ketones (excluding diaryl/α,β-unsaturated/α-hetero) is 1. The summed E-state index contributed by atoms with van der Waals surface area (Å²) in [5.74, 6) is -0.771. The highest BCUT2D eigenvalue weighted by Gasteiger charge is 2.28. The zero-order chi connectivity index (χ0) is 21.7. The normalized spacial score (nSPS) is 15.9. The molecule has 1 heterocycles. The molecule has 154 valence electrons. The van der Waals surface area contributed by atoms with Gasteiger partial charge in [-0.25, -0.2) is 4.99 Å². The summed E-state index contributed by atoms with van der Waals surface area (Å²) in [6.45, 7) is 3.44. The molecule has 1 aliphatic rings. The van der Waals surface area contributed by atoms with Crippen LogP contribution in [0.4, 0.5) is 11.4 Å². The zero-order valence-corrected chi connectivity index (χ0v) is 16.6. The lowest BCUT2D eigenvalue weighted by Gasteiger charge is -2.07. The number of nitrogens with two attached hydrogens (primary N) is 1. The first-order valence-electron chi connectivity index (χ1n) is 9.27. The fourth-order valence-electron chi connectivity index (χ4n) is 2.73. The number of nitrogens with zero attached hydrogens (tertiary/aromatic N) is 2. The second-order valence-corrected chi connectivity index (χ2v) is 6.83. The first-order chi connectivity index (χ1) is 14.3. The predicted octanol–water partition coefficient (Wildman–Crippen LogP) is 1.81. The average Bonchev–Trinajstić information content (AvgIpc) is 3.02. The number of benzene rings is 2. The minimum Gasteiger partial charge on any atom is -0.369 e. The molecule has 30 heavy (non-hydrogen) atoms. The SMILES string of the molecule is CC(=O)c1ccc(NC(=O)CC2N=C(/N=C(\N)Nc3ccc(C)cc3)NC2=O)cc1. The summed E-state index contributed by atoms with van der Waals surface area (Å²) in [5.41, 5.74) is 8.79. The fourth-order valence-corrected chi connectivity index (χ4v) is 2.73. The first-order valence-corrected chi connectivity index (χ1v) is 9.27. The van der Waals surface area contributed by atoms with Gasteiger partial charge in [0.05, 0.1) is 6.42 Å². The topological polar surface area (TPSA) is 138 Å². The minimum absolute atomic E-state index is 0.0423. The number of aliphatic imine (C=N–C) groups is 2. The van der Waals surface area contributed by atoms with Gasteiger partial charge in [0.15, 0.2) is 5.78 Å². The van der Waals surface area contributed by atoms with E-state index in [9.17, 15) is 14.4 Å². The van der Waals surface area contributed by atoms with Crippen molar-refractivity contribution < 1.29 is 14.4 Å². The van der Waals surface area contributed by atoms with E-state index in [-0.39, 0.29) is 30.0 Å². The molecule has 2 aromatic carbocycles. The third kappa shape index (κ3) is 5.51. The quantitative estimate of drug-likeness (QED) is 0.341. The van der Waals surface area contributed by atoms with Crippen LogP contribution in [0.2, 0.25) is 0 Å². The lowest BCUT2D eigenvalue weighted by molar-refractivity contribution is -0.123. The van der Waals surface area contributed by atoms with Gasteiger partial charge < -0.3 is 16.4 Å². The Bertz CT molecular complexity index is 1030. The third-order valence-electron chi connectivity index (χ3n) is 4.32. The Morgan fingerprint density at radius 2 is 1.67 bits per heavy atom. The van der Waals surface area contributed by atoms with Crippen LogP contribution in [0, 0.1) is 6.92 Å². The van der Waals surface area contributed by atoms with Crippen molar-refractivity contribution in [3.05, 3.63) is 59.7 Å². The second kappa shape index (κ2) is 8.99. The van der Waals surface area contributed by atoms with E-state index in [1.807, 2.05) is 31.2 Å². The molecule has 0 radical (unpaired) electrons. The monoisotopic (exact) mass is 406 g/mol. The van der Waals surface area contributed by atoms with Crippen molar-refractivity contribution in [1.29, 1.82) is 0 Å². The van der Waals surface area contributed by atoms with Gasteiger partial charge in [-0.2, -0.15) is 4.99 Å². The molecule has 9 heteroatoms. The summed E-state index contributed by atoms with van der Waals surface area (Å²) in [6, 6.07) is 13.1. The number of rotatable bonds is 5. The molecule has 9 nitrogen and oxygen atoms in total. The molecule has 1 aliphatic heterocycles. The third-order valence-corrected chi connectivity index (χ3v) is 4.32. The van der Waals surface area contributed by atoms with Crippen LogP contribution < -0.4 is 21.7 Å². The van der Waals surface area contributed by atoms with Gasteiger partial charge in [-0.1, -0.05) is 17.7 Å². The van der Waals surface area contributed by atoms with Crippen LogP contribution in [0.15, 0.2) is 58.5 Å². The van der Waals surface area contributed by atoms with Crippen molar-refractivity contribution in [2.45, 2.75) is 26.3 Å². The van der Waals surface area contributed by atoms with Gasteiger partial charge in [-0.05, 0) is 50.2 Å². The fraction of sp³-hybridized carbons (Fsp3) is 0.190. The number of aryl methyl sites for hydroxylation is 1. The molecule has 0 aliphatic carbocycles. The second-order valence-electron chi connectivity index (χ2n) is 6.83. The maximum Gasteiger partial charge on any atom is 0.252 e. The molecule has 2 amide bonds. The highest BCUT2D eigenvalue weighted by molar-refractivity contribution is 6.11. The minimum atomic E-state index is -0.896. The smallest absolute Gasteiger partial charge is 0.252 e. The van der Waals surface area contributed by atoms with Crippen LogP contribution in [0.1, 0.15) is 29.3 Å². The molecule has 1 unspecified atom stereocenters. The molecule has 0 bridgehead atoms. The number of guanidine groups is 2. The Hall–Kier alpha value is -4.01. The molecular weight excluding hydrogens is 384 g/mol. The number of hydrogen-bond acceptors (Lipinski definition) is 5. The number of hydrogen-bond donors (Lipinski definition) is 4. The lowest BCUT2D eigenvalue weighted by atomic mass is 10.1. The molecule has 2 aromatic rings. The van der Waals surface area contributed by atoms with Crippen molar-refractivity contribution in [3.63, 3.8) is 0 Å². The first kappa shape index (κ1) is 20.7. The van der Waals surface area contributed by atoms with E-state index in [2.05, 4.69) is 25.9 Å². The Morgan fingerprint density at radius 3 is 2.30 bits per heavy atom. The van der Waals surface area contributed by atoms with E-state index in [0.29, 0.717) is 11.3 Å². The molecule has 0 fully saturated rings. The molecule has 3 rings (SSSR count). The Labute approximate surface area is 173 Å². The van der Waals surface area contributed by atoms with Crippen molar-refractivity contribution in [1.82, 2.24) is 5.32 Å². The number of carbonyl (C=O) groups excluding carboxylic acids is 3. The van der Waals surface area contributed by atoms with E-state index in [1.165, 1.54) is 6.92 Å². The standard InChI is InChI=1S/C21H22N6O3/c1-12-3-7-16(8-4-12)24-20(22)27-21-25-17(19(30)26-21)11-18(29)23-15-9-5-14(6-10-15)13(2)28/h3-10,17H,11H2,1-2H3,(H,23,29)(H4,22,24,25,26,27,30). The van der Waals surface area contributed by atoms with E-state index < -0.39 is 11.9 Å². The van der Waals surface area contributed by atoms with Crippen LogP contribution in [0.5, 0.6) is 0 Å². The van der Waals surface area contributed by atoms with E-state index >= 15 is 0 Å². The molecule has 0 saturated carbocycles. The van der Waals surface area contributed by atoms with Crippen molar-refractivity contribution >= 4 is 40.9 Å². The summed E-state index contributed by atoms with van der Waals surface area (Å²) < 4.78 is 0. The summed E-state index contributed by atoms with van der Waals surface area (Å²) in [6.07, 6.45) is -0.148. The zero-order valence-electron chi connectivity index (χ0n) is 16.6. The van der Waals surface area contributed by atoms with Gasteiger partial charge in [0.2, 0.25) is 17.8 Å². The summed E-state index contributed by atoms with van der Waals surface area (Å²) in [4.78, 5) is 43.8. The van der Waals surface area contributed by atoms with Gasteiger partial charge >= 0.3 is 0 Å². The maximum atomic E-state index is 12.2. The average molecular weight is 406 g/mol. The molecule has 0 saturated heterocycles. The van der Waals surface area contributed by atoms with Crippen molar-refractivity contribution in [3.8, 4) is 0 Å². The number of nitrogens with one attached hydrogen (secondary N) is 3. The number of carbonyl (C=O) groups is 3. The van der Waals surface area contributed by atoms with E-state index in [0.717, 1.165) is 11.3 Å². The molecule has 1 atom stereocenters. The maximum absolute atomic E-state index is 12.2. The number of amides is 2. The van der Waals surface area contributed by atoms with Gasteiger partial charge in [0.25, 0.3) is 5.91 Å². The number of ketones is 1. The van der Waals surface area contributed by atoms with Gasteiger partial charge in [0.1, 0.15) is 6.04 Å². The van der Waals surface area contributed by atoms with Crippen molar-refractivity contribution in [2.75, 3.05) is 10.6 Å². The molecule has 5 N–H and O–H groups in total. The van der Waals surface area contributed by atoms with Crippen LogP contribution in [0.3, 0.4) is 0 Å². The van der Waals surface area contributed by atoms with Crippen LogP contribution in [0.25, 0.3) is 0 Å². The largest absolute Gasteiger partial charge is 0.369 e. The molecule has 0 spiro atoms. The Balaban J connectivity index is 1.58. The van der Waals surface area contributed by atoms with Gasteiger partial charge in [0, 0.05) is 16.9 Å². The lowest BCUT2D eigenvalue weighted by Crippen LogP contribution is -2.32. The van der Waals surface area contributed by atoms with Crippen LogP contribution in [-0.2, 0) is 9.59 Å². The number of anilines is 2. The van der Waals surface area contributed by atoms with E-state index in [4.69, 9.17) is 5.73 Å². The Morgan fingerprint density at radius 1 is 1.07 bits per heavy atom. The highest BCUT2D eigenvalue weighted by atomic mass is 16.2. The van der Waals surface area contributed by atoms with Crippen molar-refractivity contribution in [2.24, 2.45) is 15.7 Å². The van der Waals surface area contributed by atoms with Crippen LogP contribution >= 0.6 is 0 Å². The van der Waals surface area contributed by atoms with Gasteiger partial charge in [-0.15, -0.1) is 0 Å². The summed E-state index contributed by atoms with van der Waals surface area (Å²) in [5, 5.41) is 8.08. The molecular formula is C21H22N6O3. The van der Waals surface area contributed by atoms with Gasteiger partial charge in [-0.3, -0.25) is 19.7 Å². The summed E-state index contributed by atoms with van der Waals surface area (Å²) in [7, 11) is 0. The molecule has 0 aromatic heterocycles. The van der Waals surface area contributed by atoms with E-state index in [1.54, 1.807) is 24.3 Å². The summed E-state index contributed by atoms with van der Waals surface area (Å²) >= 11 is 0.